The molecule has 1 fully saturated rings. The first kappa shape index (κ1) is 20.5. The van der Waals surface area contributed by atoms with Crippen LogP contribution in [0.15, 0.2) is 36.4 Å². The summed E-state index contributed by atoms with van der Waals surface area (Å²) in [6, 6.07) is 11.1. The van der Waals surface area contributed by atoms with Gasteiger partial charge in [-0.05, 0) is 35.4 Å². The molecule has 0 bridgehead atoms. The summed E-state index contributed by atoms with van der Waals surface area (Å²) in [4.78, 5) is 50.9. The minimum absolute atomic E-state index is 0.0374. The number of ether oxygens (including phenoxy) is 1. The number of fused-ring (bicyclic) bond motifs is 1. The van der Waals surface area contributed by atoms with Crippen molar-refractivity contribution in [3.63, 3.8) is 0 Å². The number of amides is 2. The molecule has 0 unspecified atom stereocenters. The van der Waals surface area contributed by atoms with Gasteiger partial charge in [0, 0.05) is 12.8 Å². The van der Waals surface area contributed by atoms with Crippen LogP contribution in [-0.2, 0) is 27.6 Å². The molecule has 0 N–H and O–H groups in total. The van der Waals surface area contributed by atoms with Crippen LogP contribution in [0.25, 0.3) is 10.8 Å². The van der Waals surface area contributed by atoms with Crippen LogP contribution in [0, 0.1) is 0 Å². The minimum Gasteiger partial charge on any atom is -0.497 e. The van der Waals surface area contributed by atoms with Crippen molar-refractivity contribution in [3.8, 4) is 5.75 Å². The number of methoxy groups -OCH3 is 1. The lowest BCUT2D eigenvalue weighted by Gasteiger charge is -2.13. The van der Waals surface area contributed by atoms with Crippen molar-refractivity contribution < 1.29 is 37.1 Å². The fraction of sp³-hybridized carbons (Fsp3) is 0.263. The van der Waals surface area contributed by atoms with Gasteiger partial charge in [0.05, 0.1) is 13.0 Å². The molecule has 10 heteroatoms. The van der Waals surface area contributed by atoms with Crippen LogP contribution < -0.4 is 4.74 Å². The average molecular weight is 419 g/mol. The van der Waals surface area contributed by atoms with Gasteiger partial charge in [-0.1, -0.05) is 29.3 Å². The molecule has 1 heterocycles. The molecular formula is C19H17NO8S. The Morgan fingerprint density at radius 1 is 1.00 bits per heavy atom. The highest BCUT2D eigenvalue weighted by Gasteiger charge is 2.33. The third-order valence-corrected chi connectivity index (χ3v) is 4.75. The topological polar surface area (TPSA) is 108 Å². The number of hydrogen-bond acceptors (Lipinski definition) is 9. The summed E-state index contributed by atoms with van der Waals surface area (Å²) in [7, 11) is 1.59. The maximum Gasteiger partial charge on any atom is 0.549 e. The molecule has 1 aliphatic heterocycles. The predicted molar refractivity (Wildman–Crippen MR) is 101 cm³/mol. The van der Waals surface area contributed by atoms with Crippen LogP contribution in [0.5, 0.6) is 5.75 Å². The van der Waals surface area contributed by atoms with Crippen molar-refractivity contribution in [3.05, 3.63) is 42.0 Å². The van der Waals surface area contributed by atoms with Crippen molar-refractivity contribution >= 4 is 47.0 Å². The van der Waals surface area contributed by atoms with E-state index in [9.17, 15) is 19.2 Å². The van der Waals surface area contributed by atoms with Crippen molar-refractivity contribution in [2.45, 2.75) is 25.7 Å². The SMILES string of the molecule is COc1ccc2cc([C@H](C)C(=O)OSOC(=O)ON3C(=O)CCC3=O)ccc2c1. The first-order valence-electron chi connectivity index (χ1n) is 8.59. The number of carbonyl (C=O) groups is 4. The summed E-state index contributed by atoms with van der Waals surface area (Å²) in [5.41, 5.74) is 0.712. The van der Waals surface area contributed by atoms with E-state index in [1.165, 1.54) is 0 Å². The number of carbonyl (C=O) groups excluding carboxylic acids is 4. The molecule has 9 nitrogen and oxygen atoms in total. The molecule has 3 rings (SSSR count). The third-order valence-electron chi connectivity index (χ3n) is 4.31. The van der Waals surface area contributed by atoms with Crippen molar-refractivity contribution in [1.29, 1.82) is 0 Å². The Hall–Kier alpha value is -3.27. The quantitative estimate of drug-likeness (QED) is 0.515. The zero-order chi connectivity index (χ0) is 21.0. The van der Waals surface area contributed by atoms with E-state index in [4.69, 9.17) is 8.92 Å². The Kier molecular flexibility index (Phi) is 6.23. The monoisotopic (exact) mass is 419 g/mol. The third kappa shape index (κ3) is 4.77. The van der Waals surface area contributed by atoms with Gasteiger partial charge in [0.2, 0.25) is 0 Å². The summed E-state index contributed by atoms with van der Waals surface area (Å²) in [5.74, 6) is -1.83. The summed E-state index contributed by atoms with van der Waals surface area (Å²) in [6.45, 7) is 1.65. The predicted octanol–water partition coefficient (Wildman–Crippen LogP) is 3.28. The van der Waals surface area contributed by atoms with Gasteiger partial charge in [-0.25, -0.2) is 4.79 Å². The van der Waals surface area contributed by atoms with Gasteiger partial charge in [-0.3, -0.25) is 19.2 Å². The van der Waals surface area contributed by atoms with Crippen LogP contribution in [0.2, 0.25) is 0 Å². The van der Waals surface area contributed by atoms with Crippen molar-refractivity contribution in [2.24, 2.45) is 0 Å². The van der Waals surface area contributed by atoms with Gasteiger partial charge in [-0.2, -0.15) is 0 Å². The highest BCUT2D eigenvalue weighted by atomic mass is 32.2. The van der Waals surface area contributed by atoms with Crippen LogP contribution in [0.3, 0.4) is 0 Å². The molecule has 0 aromatic heterocycles. The molecule has 152 valence electrons. The zero-order valence-electron chi connectivity index (χ0n) is 15.6. The van der Waals surface area contributed by atoms with E-state index in [-0.39, 0.29) is 25.2 Å². The molecular weight excluding hydrogens is 402 g/mol. The summed E-state index contributed by atoms with van der Waals surface area (Å²) >= 11 is 0.0970. The van der Waals surface area contributed by atoms with E-state index in [0.29, 0.717) is 10.6 Å². The zero-order valence-corrected chi connectivity index (χ0v) is 16.4. The lowest BCUT2D eigenvalue weighted by Crippen LogP contribution is -2.31. The Labute approximate surface area is 170 Å². The summed E-state index contributed by atoms with van der Waals surface area (Å²) < 4.78 is 14.5. The van der Waals surface area contributed by atoms with E-state index < -0.39 is 29.9 Å². The van der Waals surface area contributed by atoms with Crippen molar-refractivity contribution in [2.75, 3.05) is 7.11 Å². The van der Waals surface area contributed by atoms with E-state index in [0.717, 1.165) is 16.5 Å². The van der Waals surface area contributed by atoms with Crippen LogP contribution in [-0.4, -0.2) is 36.1 Å². The number of rotatable bonds is 6. The standard InChI is InChI=1S/C19H17NO8S/c1-11(12-3-4-14-10-15(25-2)6-5-13(14)9-12)18(23)27-29-28-19(24)26-20-16(21)7-8-17(20)22/h3-6,9-11H,7-8H2,1-2H3/t11-/m0/s1. The van der Waals surface area contributed by atoms with E-state index in [1.807, 2.05) is 30.3 Å². The summed E-state index contributed by atoms with van der Waals surface area (Å²) in [6.07, 6.45) is -1.42. The van der Waals surface area contributed by atoms with Gasteiger partial charge in [0.1, 0.15) is 5.75 Å². The van der Waals surface area contributed by atoms with Gasteiger partial charge in [0.25, 0.3) is 11.8 Å². The first-order valence-corrected chi connectivity index (χ1v) is 9.26. The Morgan fingerprint density at radius 3 is 2.34 bits per heavy atom. The molecule has 29 heavy (non-hydrogen) atoms. The number of nitrogens with zero attached hydrogens (tertiary/aromatic N) is 1. The molecule has 2 aromatic carbocycles. The maximum atomic E-state index is 12.2. The fourth-order valence-corrected chi connectivity index (χ4v) is 3.00. The first-order chi connectivity index (χ1) is 13.9. The molecule has 1 saturated heterocycles. The Balaban J connectivity index is 1.52. The van der Waals surface area contributed by atoms with Crippen LogP contribution in [0.1, 0.15) is 31.2 Å². The normalized spacial score (nSPS) is 14.6. The second-order valence-electron chi connectivity index (χ2n) is 6.17. The molecule has 0 spiro atoms. The molecule has 0 aliphatic carbocycles. The average Bonchev–Trinajstić information content (AvgIpc) is 3.04. The molecule has 1 aliphatic rings. The Morgan fingerprint density at radius 2 is 1.66 bits per heavy atom. The molecule has 0 radical (unpaired) electrons. The van der Waals surface area contributed by atoms with Gasteiger partial charge < -0.3 is 13.1 Å². The molecule has 2 aromatic rings. The highest BCUT2D eigenvalue weighted by Crippen LogP contribution is 2.27. The smallest absolute Gasteiger partial charge is 0.497 e. The second-order valence-corrected chi connectivity index (χ2v) is 6.64. The number of hydroxylamine groups is 2. The maximum absolute atomic E-state index is 12.2. The Bertz CT molecular complexity index is 960. The number of benzene rings is 2. The molecule has 1 atom stereocenters. The van der Waals surface area contributed by atoms with Gasteiger partial charge in [0.15, 0.2) is 0 Å². The highest BCUT2D eigenvalue weighted by molar-refractivity contribution is 7.90. The lowest BCUT2D eigenvalue weighted by molar-refractivity contribution is -0.174. The molecule has 2 amide bonds. The number of hydrogen-bond donors (Lipinski definition) is 0. The van der Waals surface area contributed by atoms with Crippen molar-refractivity contribution in [1.82, 2.24) is 5.06 Å². The van der Waals surface area contributed by atoms with Gasteiger partial charge in [-0.15, -0.1) is 0 Å². The molecule has 0 saturated carbocycles. The minimum atomic E-state index is -1.35. The van der Waals surface area contributed by atoms with E-state index in [2.05, 4.69) is 9.02 Å². The van der Waals surface area contributed by atoms with Gasteiger partial charge >= 0.3 is 24.4 Å². The van der Waals surface area contributed by atoms with Crippen LogP contribution in [0.4, 0.5) is 4.79 Å². The summed E-state index contributed by atoms with van der Waals surface area (Å²) in [5, 5.41) is 2.22. The number of imide groups is 1. The lowest BCUT2D eigenvalue weighted by atomic mass is 9.98. The second kappa shape index (κ2) is 8.82. The fourth-order valence-electron chi connectivity index (χ4n) is 2.67. The largest absolute Gasteiger partial charge is 0.549 e. The van der Waals surface area contributed by atoms with Crippen LogP contribution >= 0.6 is 12.3 Å². The van der Waals surface area contributed by atoms with E-state index >= 15 is 0 Å². The van der Waals surface area contributed by atoms with E-state index in [1.54, 1.807) is 20.1 Å².